The number of hydrogen-bond donors (Lipinski definition) is 2. The number of nitrogens with zero attached hydrogens (tertiary/aromatic N) is 3. The molecule has 0 aliphatic heterocycles. The molecule has 160 valence electrons. The number of hydrogen-bond acceptors (Lipinski definition) is 3. The lowest BCUT2D eigenvalue weighted by atomic mass is 10.1. The van der Waals surface area contributed by atoms with Crippen molar-refractivity contribution in [1.82, 2.24) is 20.4 Å². The van der Waals surface area contributed by atoms with Gasteiger partial charge in [-0.15, -0.1) is 24.0 Å². The van der Waals surface area contributed by atoms with Gasteiger partial charge in [0.2, 0.25) is 0 Å². The maximum absolute atomic E-state index is 14.0. The molecule has 1 aromatic heterocycles. The van der Waals surface area contributed by atoms with Crippen LogP contribution in [0.4, 0.5) is 4.39 Å². The zero-order chi connectivity index (χ0) is 20.6. The van der Waals surface area contributed by atoms with Crippen LogP contribution in [0, 0.1) is 5.82 Å². The minimum Gasteiger partial charge on any atom is -0.491 e. The monoisotopic (exact) mass is 523 g/mol. The van der Waals surface area contributed by atoms with E-state index in [4.69, 9.17) is 4.74 Å². The molecule has 6 nitrogen and oxygen atoms in total. The Kier molecular flexibility index (Phi) is 9.10. The highest BCUT2D eigenvalue weighted by molar-refractivity contribution is 14.0. The number of aliphatic imine (C=N–C) groups is 1. The van der Waals surface area contributed by atoms with Crippen LogP contribution in [0.25, 0.3) is 5.69 Å². The smallest absolute Gasteiger partial charge is 0.191 e. The van der Waals surface area contributed by atoms with Gasteiger partial charge in [-0.1, -0.05) is 18.2 Å². The van der Waals surface area contributed by atoms with Crippen molar-refractivity contribution in [2.45, 2.75) is 26.4 Å². The van der Waals surface area contributed by atoms with E-state index in [9.17, 15) is 4.39 Å². The van der Waals surface area contributed by atoms with E-state index in [1.54, 1.807) is 19.3 Å². The largest absolute Gasteiger partial charge is 0.491 e. The van der Waals surface area contributed by atoms with Gasteiger partial charge in [0.25, 0.3) is 0 Å². The zero-order valence-corrected chi connectivity index (χ0v) is 19.6. The molecule has 2 N–H and O–H groups in total. The molecule has 0 aliphatic rings. The van der Waals surface area contributed by atoms with Crippen LogP contribution in [0.1, 0.15) is 31.0 Å². The standard InChI is InChI=1S/C22H26FN5O.HI/c1-4-29-21-10-9-17(13-20(21)23)15-25-22(24-3)27-16(2)18-7-5-8-19(14-18)28-12-6-11-26-28;/h5-14,16H,4,15H2,1-3H3,(H2,24,25,27);1H. The molecule has 1 atom stereocenters. The lowest BCUT2D eigenvalue weighted by Crippen LogP contribution is -2.38. The Morgan fingerprint density at radius 3 is 2.73 bits per heavy atom. The molecule has 0 fully saturated rings. The van der Waals surface area contributed by atoms with Crippen molar-refractivity contribution in [2.75, 3.05) is 13.7 Å². The van der Waals surface area contributed by atoms with Gasteiger partial charge in [0.15, 0.2) is 17.5 Å². The number of rotatable bonds is 7. The van der Waals surface area contributed by atoms with Crippen LogP contribution in [0.2, 0.25) is 0 Å². The molecule has 0 aliphatic carbocycles. The zero-order valence-electron chi connectivity index (χ0n) is 17.3. The molecule has 3 rings (SSSR count). The average Bonchev–Trinajstić information content (AvgIpc) is 3.28. The Balaban J connectivity index is 0.00000320. The molecular formula is C22H27FIN5O. The van der Waals surface area contributed by atoms with Crippen molar-refractivity contribution in [3.8, 4) is 11.4 Å². The fraction of sp³-hybridized carbons (Fsp3) is 0.273. The molecule has 3 aromatic rings. The highest BCUT2D eigenvalue weighted by atomic mass is 127. The molecule has 1 unspecified atom stereocenters. The number of ether oxygens (including phenoxy) is 1. The first-order valence-corrected chi connectivity index (χ1v) is 9.59. The van der Waals surface area contributed by atoms with E-state index in [-0.39, 0.29) is 41.6 Å². The van der Waals surface area contributed by atoms with Crippen LogP contribution >= 0.6 is 24.0 Å². The fourth-order valence-electron chi connectivity index (χ4n) is 2.95. The molecular weight excluding hydrogens is 496 g/mol. The highest BCUT2D eigenvalue weighted by Gasteiger charge is 2.10. The van der Waals surface area contributed by atoms with Crippen LogP contribution in [0.3, 0.4) is 0 Å². The third kappa shape index (κ3) is 6.19. The molecule has 8 heteroatoms. The summed E-state index contributed by atoms with van der Waals surface area (Å²) in [6, 6.07) is 15.0. The van der Waals surface area contributed by atoms with Crippen molar-refractivity contribution >= 4 is 29.9 Å². The second-order valence-corrected chi connectivity index (χ2v) is 6.54. The van der Waals surface area contributed by atoms with Gasteiger partial charge in [-0.2, -0.15) is 5.10 Å². The Bertz CT molecular complexity index is 962. The summed E-state index contributed by atoms with van der Waals surface area (Å²) >= 11 is 0. The van der Waals surface area contributed by atoms with Gasteiger partial charge in [-0.05, 0) is 55.3 Å². The van der Waals surface area contributed by atoms with Crippen LogP contribution in [0.5, 0.6) is 5.75 Å². The van der Waals surface area contributed by atoms with Gasteiger partial charge in [-0.25, -0.2) is 9.07 Å². The third-order valence-corrected chi connectivity index (χ3v) is 4.47. The van der Waals surface area contributed by atoms with Crippen molar-refractivity contribution in [2.24, 2.45) is 4.99 Å². The molecule has 1 heterocycles. The number of benzene rings is 2. The average molecular weight is 523 g/mol. The predicted octanol–water partition coefficient (Wildman–Crippen LogP) is 4.45. The van der Waals surface area contributed by atoms with E-state index in [1.807, 2.05) is 42.1 Å². The van der Waals surface area contributed by atoms with E-state index < -0.39 is 0 Å². The molecule has 0 saturated carbocycles. The summed E-state index contributed by atoms with van der Waals surface area (Å²) in [6.45, 7) is 4.77. The molecule has 0 radical (unpaired) electrons. The fourth-order valence-corrected chi connectivity index (χ4v) is 2.95. The van der Waals surface area contributed by atoms with E-state index in [0.717, 1.165) is 16.8 Å². The number of aromatic nitrogens is 2. The lowest BCUT2D eigenvalue weighted by molar-refractivity contribution is 0.321. The van der Waals surface area contributed by atoms with E-state index in [1.165, 1.54) is 6.07 Å². The van der Waals surface area contributed by atoms with E-state index >= 15 is 0 Å². The van der Waals surface area contributed by atoms with Crippen LogP contribution in [-0.2, 0) is 6.54 Å². The predicted molar refractivity (Wildman–Crippen MR) is 128 cm³/mol. The number of guanidine groups is 1. The van der Waals surface area contributed by atoms with E-state index in [0.29, 0.717) is 19.1 Å². The minimum atomic E-state index is -0.363. The minimum absolute atomic E-state index is 0. The molecule has 0 spiro atoms. The quantitative estimate of drug-likeness (QED) is 0.273. The number of halogens is 2. The summed E-state index contributed by atoms with van der Waals surface area (Å²) < 4.78 is 21.1. The van der Waals surface area contributed by atoms with Gasteiger partial charge < -0.3 is 15.4 Å². The highest BCUT2D eigenvalue weighted by Crippen LogP contribution is 2.19. The molecule has 2 aromatic carbocycles. The Morgan fingerprint density at radius 2 is 2.07 bits per heavy atom. The maximum atomic E-state index is 14.0. The second kappa shape index (κ2) is 11.5. The SMILES string of the molecule is CCOc1ccc(CNC(=NC)NC(C)c2cccc(-n3cccn3)c2)cc1F.I. The Morgan fingerprint density at radius 1 is 1.23 bits per heavy atom. The summed E-state index contributed by atoms with van der Waals surface area (Å²) in [5.41, 5.74) is 2.91. The van der Waals surface area contributed by atoms with Gasteiger partial charge in [-0.3, -0.25) is 4.99 Å². The Labute approximate surface area is 193 Å². The summed E-state index contributed by atoms with van der Waals surface area (Å²) in [4.78, 5) is 4.27. The van der Waals surface area contributed by atoms with Crippen molar-refractivity contribution in [3.05, 3.63) is 77.9 Å². The topological polar surface area (TPSA) is 63.5 Å². The van der Waals surface area contributed by atoms with Gasteiger partial charge >= 0.3 is 0 Å². The van der Waals surface area contributed by atoms with Crippen molar-refractivity contribution in [1.29, 1.82) is 0 Å². The first-order valence-electron chi connectivity index (χ1n) is 9.59. The van der Waals surface area contributed by atoms with Crippen molar-refractivity contribution < 1.29 is 9.13 Å². The third-order valence-electron chi connectivity index (χ3n) is 4.47. The van der Waals surface area contributed by atoms with Crippen LogP contribution in [-0.4, -0.2) is 29.4 Å². The lowest BCUT2D eigenvalue weighted by Gasteiger charge is -2.19. The summed E-state index contributed by atoms with van der Waals surface area (Å²) in [5, 5.41) is 10.9. The van der Waals surface area contributed by atoms with Crippen LogP contribution in [0.15, 0.2) is 65.9 Å². The van der Waals surface area contributed by atoms with E-state index in [2.05, 4.69) is 39.8 Å². The van der Waals surface area contributed by atoms with Gasteiger partial charge in [0.05, 0.1) is 18.3 Å². The van der Waals surface area contributed by atoms with Gasteiger partial charge in [0, 0.05) is 26.0 Å². The summed E-state index contributed by atoms with van der Waals surface area (Å²) in [6.07, 6.45) is 3.66. The molecule has 0 bridgehead atoms. The first kappa shape index (κ1) is 23.7. The second-order valence-electron chi connectivity index (χ2n) is 6.54. The maximum Gasteiger partial charge on any atom is 0.191 e. The summed E-state index contributed by atoms with van der Waals surface area (Å²) in [5.74, 6) is 0.540. The molecule has 30 heavy (non-hydrogen) atoms. The molecule has 0 amide bonds. The van der Waals surface area contributed by atoms with Crippen molar-refractivity contribution in [3.63, 3.8) is 0 Å². The molecule has 0 saturated heterocycles. The first-order chi connectivity index (χ1) is 14.1. The van der Waals surface area contributed by atoms with Crippen LogP contribution < -0.4 is 15.4 Å². The normalized spacial score (nSPS) is 12.1. The Hall–Kier alpha value is -2.62. The number of nitrogens with one attached hydrogen (secondary N) is 2. The van der Waals surface area contributed by atoms with Gasteiger partial charge in [0.1, 0.15) is 0 Å². The summed E-state index contributed by atoms with van der Waals surface area (Å²) in [7, 11) is 1.71.